The molecule has 1 N–H and O–H groups in total. The molecule has 182 valence electrons. The highest BCUT2D eigenvalue weighted by molar-refractivity contribution is 8.26. The number of unbranched alkanes of at least 4 members (excludes halogenated alkanes) is 2. The monoisotopic (exact) mass is 509 g/mol. The summed E-state index contributed by atoms with van der Waals surface area (Å²) in [6.45, 7) is 4.00. The number of amides is 1. The first kappa shape index (κ1) is 26.4. The summed E-state index contributed by atoms with van der Waals surface area (Å²) >= 11 is 6.59. The summed E-state index contributed by atoms with van der Waals surface area (Å²) < 4.78 is 1.55. The number of carbonyl (C=O) groups excluding carboxylic acids is 2. The predicted octanol–water partition coefficient (Wildman–Crippen LogP) is 4.79. The summed E-state index contributed by atoms with van der Waals surface area (Å²) in [5.74, 6) is -0.985. The van der Waals surface area contributed by atoms with Gasteiger partial charge in [-0.1, -0.05) is 74.1 Å². The zero-order chi connectivity index (χ0) is 25.5. The number of pyridine rings is 1. The van der Waals surface area contributed by atoms with Crippen molar-refractivity contribution in [2.24, 2.45) is 0 Å². The summed E-state index contributed by atoms with van der Waals surface area (Å²) in [6, 6.07) is 11.4. The SMILES string of the molecule is CCCCCn1c(O)c(C(=O)CCCN2C(=O)/C(=C/c3ccccc3)SC2=S)c(C)c(C#N)c1=O. The minimum absolute atomic E-state index is 0.00740. The lowest BCUT2D eigenvalue weighted by molar-refractivity contribution is -0.122. The lowest BCUT2D eigenvalue weighted by Gasteiger charge is -2.17. The van der Waals surface area contributed by atoms with Gasteiger partial charge in [-0.2, -0.15) is 5.26 Å². The molecule has 1 amide bonds. The maximum Gasteiger partial charge on any atom is 0.271 e. The van der Waals surface area contributed by atoms with Gasteiger partial charge in [-0.25, -0.2) is 0 Å². The van der Waals surface area contributed by atoms with Gasteiger partial charge in [0.1, 0.15) is 16.0 Å². The van der Waals surface area contributed by atoms with Gasteiger partial charge >= 0.3 is 0 Å². The molecule has 1 aromatic heterocycles. The Morgan fingerprint density at radius 3 is 2.54 bits per heavy atom. The second-order valence-electron chi connectivity index (χ2n) is 8.25. The Bertz CT molecular complexity index is 1280. The average Bonchev–Trinajstić information content (AvgIpc) is 3.09. The molecular formula is C26H27N3O4S2. The van der Waals surface area contributed by atoms with E-state index in [1.165, 1.54) is 23.6 Å². The molecule has 1 saturated heterocycles. The molecule has 35 heavy (non-hydrogen) atoms. The number of rotatable bonds is 10. The summed E-state index contributed by atoms with van der Waals surface area (Å²) in [6.07, 6.45) is 4.57. The van der Waals surface area contributed by atoms with Crippen LogP contribution in [0.2, 0.25) is 0 Å². The molecule has 0 radical (unpaired) electrons. The Morgan fingerprint density at radius 1 is 1.17 bits per heavy atom. The lowest BCUT2D eigenvalue weighted by Crippen LogP contribution is -2.30. The van der Waals surface area contributed by atoms with Crippen molar-refractivity contribution in [2.75, 3.05) is 6.54 Å². The molecule has 2 heterocycles. The molecule has 0 saturated carbocycles. The van der Waals surface area contributed by atoms with Crippen LogP contribution in [0, 0.1) is 18.3 Å². The van der Waals surface area contributed by atoms with E-state index in [-0.39, 0.29) is 47.9 Å². The molecule has 1 fully saturated rings. The highest BCUT2D eigenvalue weighted by Crippen LogP contribution is 2.33. The van der Waals surface area contributed by atoms with Crippen molar-refractivity contribution >= 4 is 46.1 Å². The lowest BCUT2D eigenvalue weighted by atomic mass is 9.99. The van der Waals surface area contributed by atoms with Crippen LogP contribution in [0.1, 0.15) is 66.1 Å². The number of aromatic hydroxyl groups is 1. The number of thioether (sulfide) groups is 1. The van der Waals surface area contributed by atoms with Gasteiger partial charge in [0, 0.05) is 19.5 Å². The van der Waals surface area contributed by atoms with Crippen LogP contribution in [0.3, 0.4) is 0 Å². The number of hydrogen-bond donors (Lipinski definition) is 1. The number of thiocarbonyl (C=S) groups is 1. The van der Waals surface area contributed by atoms with Crippen LogP contribution in [-0.4, -0.2) is 37.1 Å². The molecule has 0 spiro atoms. The van der Waals surface area contributed by atoms with E-state index < -0.39 is 11.4 Å². The standard InChI is InChI=1S/C26H27N3O4S2/c1-3-4-8-13-28-23(31)19(16-27)17(2)22(25(28)33)20(30)12-9-14-29-24(32)21(35-26(29)34)15-18-10-6-5-7-11-18/h5-7,10-11,15,33H,3-4,8-9,12-14H2,1-2H3/b21-15-. The van der Waals surface area contributed by atoms with Crippen molar-refractivity contribution < 1.29 is 14.7 Å². The first-order valence-electron chi connectivity index (χ1n) is 11.5. The minimum Gasteiger partial charge on any atom is -0.494 e. The molecular weight excluding hydrogens is 482 g/mol. The molecule has 2 aromatic rings. The molecule has 1 aliphatic heterocycles. The molecule has 0 atom stereocenters. The van der Waals surface area contributed by atoms with Gasteiger partial charge in [-0.05, 0) is 37.0 Å². The maximum absolute atomic E-state index is 13.1. The average molecular weight is 510 g/mol. The van der Waals surface area contributed by atoms with E-state index in [1.807, 2.05) is 43.3 Å². The van der Waals surface area contributed by atoms with Gasteiger partial charge in [0.2, 0.25) is 5.88 Å². The van der Waals surface area contributed by atoms with E-state index in [1.54, 1.807) is 6.08 Å². The van der Waals surface area contributed by atoms with Gasteiger partial charge in [0.15, 0.2) is 5.78 Å². The van der Waals surface area contributed by atoms with Crippen LogP contribution in [0.5, 0.6) is 5.88 Å². The third kappa shape index (κ3) is 5.89. The van der Waals surface area contributed by atoms with E-state index in [9.17, 15) is 24.8 Å². The zero-order valence-electron chi connectivity index (χ0n) is 19.7. The van der Waals surface area contributed by atoms with E-state index in [0.29, 0.717) is 22.1 Å². The van der Waals surface area contributed by atoms with E-state index >= 15 is 0 Å². The Balaban J connectivity index is 1.73. The molecule has 7 nitrogen and oxygen atoms in total. The minimum atomic E-state index is -0.585. The normalized spacial score (nSPS) is 14.5. The zero-order valence-corrected chi connectivity index (χ0v) is 21.4. The van der Waals surface area contributed by atoms with Gasteiger partial charge in [0.25, 0.3) is 11.5 Å². The van der Waals surface area contributed by atoms with Crippen LogP contribution in [-0.2, 0) is 11.3 Å². The molecule has 1 aromatic carbocycles. The van der Waals surface area contributed by atoms with Gasteiger partial charge in [-0.15, -0.1) is 0 Å². The second kappa shape index (κ2) is 12.0. The van der Waals surface area contributed by atoms with Crippen LogP contribution in [0.4, 0.5) is 0 Å². The molecule has 0 aliphatic carbocycles. The number of carbonyl (C=O) groups is 2. The topological polar surface area (TPSA) is 103 Å². The maximum atomic E-state index is 13.1. The highest BCUT2D eigenvalue weighted by Gasteiger charge is 2.32. The molecule has 1 aliphatic rings. The third-order valence-electron chi connectivity index (χ3n) is 5.82. The summed E-state index contributed by atoms with van der Waals surface area (Å²) in [5, 5.41) is 20.2. The Hall–Kier alpha value is -3.22. The van der Waals surface area contributed by atoms with Crippen LogP contribution >= 0.6 is 24.0 Å². The first-order chi connectivity index (χ1) is 16.8. The van der Waals surface area contributed by atoms with Crippen LogP contribution in [0.25, 0.3) is 6.08 Å². The fourth-order valence-corrected chi connectivity index (χ4v) is 5.24. The number of nitriles is 1. The number of ketones is 1. The quantitative estimate of drug-likeness (QED) is 0.213. The van der Waals surface area contributed by atoms with E-state index in [2.05, 4.69) is 0 Å². The van der Waals surface area contributed by atoms with E-state index in [4.69, 9.17) is 12.2 Å². The van der Waals surface area contributed by atoms with E-state index in [0.717, 1.165) is 23.0 Å². The van der Waals surface area contributed by atoms with Gasteiger partial charge in [0.05, 0.1) is 10.5 Å². The predicted molar refractivity (Wildman–Crippen MR) is 141 cm³/mol. The largest absolute Gasteiger partial charge is 0.494 e. The van der Waals surface area contributed by atoms with Crippen LogP contribution in [0.15, 0.2) is 40.0 Å². The van der Waals surface area contributed by atoms with Crippen molar-refractivity contribution in [2.45, 2.75) is 52.5 Å². The Morgan fingerprint density at radius 2 is 1.89 bits per heavy atom. The molecule has 0 bridgehead atoms. The van der Waals surface area contributed by atoms with Crippen molar-refractivity contribution in [1.29, 1.82) is 5.26 Å². The fraction of sp³-hybridized carbons (Fsp3) is 0.346. The summed E-state index contributed by atoms with van der Waals surface area (Å²) in [4.78, 5) is 40.5. The van der Waals surface area contributed by atoms with Gasteiger partial charge in [-0.3, -0.25) is 23.9 Å². The fourth-order valence-electron chi connectivity index (χ4n) is 3.93. The number of hydrogen-bond acceptors (Lipinski definition) is 7. The molecule has 3 rings (SSSR count). The smallest absolute Gasteiger partial charge is 0.271 e. The Kier molecular flexibility index (Phi) is 9.01. The second-order valence-corrected chi connectivity index (χ2v) is 9.92. The number of Topliss-reactive ketones (excluding diaryl/α,β-unsaturated/α-hetero) is 1. The van der Waals surface area contributed by atoms with Crippen molar-refractivity contribution in [1.82, 2.24) is 9.47 Å². The molecule has 9 heteroatoms. The number of nitrogens with zero attached hydrogens (tertiary/aromatic N) is 3. The van der Waals surface area contributed by atoms with Crippen LogP contribution < -0.4 is 5.56 Å². The van der Waals surface area contributed by atoms with Crippen molar-refractivity contribution in [3.05, 3.63) is 67.8 Å². The summed E-state index contributed by atoms with van der Waals surface area (Å²) in [5.41, 5.74) is 0.357. The number of aromatic nitrogens is 1. The van der Waals surface area contributed by atoms with Gasteiger partial charge < -0.3 is 5.11 Å². The highest BCUT2D eigenvalue weighted by atomic mass is 32.2. The number of benzene rings is 1. The summed E-state index contributed by atoms with van der Waals surface area (Å²) in [7, 11) is 0. The van der Waals surface area contributed by atoms with Crippen molar-refractivity contribution in [3.8, 4) is 11.9 Å². The first-order valence-corrected chi connectivity index (χ1v) is 12.7. The Labute approximate surface area is 214 Å². The third-order valence-corrected chi connectivity index (χ3v) is 7.20. The molecule has 0 unspecified atom stereocenters. The van der Waals surface area contributed by atoms with Crippen molar-refractivity contribution in [3.63, 3.8) is 0 Å².